The Kier molecular flexibility index (Phi) is 10.6. The van der Waals surface area contributed by atoms with Crippen LogP contribution in [0.3, 0.4) is 0 Å². The van der Waals surface area contributed by atoms with E-state index in [0.29, 0.717) is 6.04 Å². The third kappa shape index (κ3) is 6.88. The Bertz CT molecular complexity index is 123. The molecule has 0 radical (unpaired) electrons. The van der Waals surface area contributed by atoms with E-state index in [-0.39, 0.29) is 24.8 Å². The van der Waals surface area contributed by atoms with Crippen LogP contribution in [0.25, 0.3) is 0 Å². The molecule has 4 heteroatoms. The molecule has 1 aliphatic heterocycles. The van der Waals surface area contributed by atoms with Crippen LogP contribution in [0.5, 0.6) is 0 Å². The van der Waals surface area contributed by atoms with Crippen LogP contribution in [-0.2, 0) is 0 Å². The number of piperidine rings is 1. The number of hydrogen-bond acceptors (Lipinski definition) is 2. The van der Waals surface area contributed by atoms with Crippen LogP contribution in [0.15, 0.2) is 0 Å². The minimum absolute atomic E-state index is 0. The van der Waals surface area contributed by atoms with Crippen molar-refractivity contribution in [3.05, 3.63) is 0 Å². The number of nitrogens with two attached hydrogens (primary N) is 1. The van der Waals surface area contributed by atoms with Gasteiger partial charge in [0.25, 0.3) is 0 Å². The first-order valence-electron chi connectivity index (χ1n) is 5.16. The molecule has 0 aromatic carbocycles. The predicted octanol–water partition coefficient (Wildman–Crippen LogP) is 2.30. The summed E-state index contributed by atoms with van der Waals surface area (Å²) >= 11 is 0. The first-order chi connectivity index (χ1) is 5.68. The molecule has 88 valence electrons. The minimum Gasteiger partial charge on any atom is -0.328 e. The summed E-state index contributed by atoms with van der Waals surface area (Å²) in [5.74, 6) is 0.834. The fourth-order valence-corrected chi connectivity index (χ4v) is 1.62. The van der Waals surface area contributed by atoms with Crippen LogP contribution in [0.1, 0.15) is 33.1 Å². The highest BCUT2D eigenvalue weighted by Gasteiger charge is 2.15. The zero-order valence-corrected chi connectivity index (χ0v) is 10.9. The van der Waals surface area contributed by atoms with Crippen molar-refractivity contribution >= 4 is 24.8 Å². The smallest absolute Gasteiger partial charge is 0.00631 e. The molecule has 1 fully saturated rings. The minimum atomic E-state index is 0. The Labute approximate surface area is 100 Å². The molecule has 0 aromatic heterocycles. The van der Waals surface area contributed by atoms with E-state index in [1.165, 1.54) is 38.9 Å². The van der Waals surface area contributed by atoms with Crippen LogP contribution in [-0.4, -0.2) is 30.6 Å². The lowest BCUT2D eigenvalue weighted by atomic mass is 10.0. The van der Waals surface area contributed by atoms with Crippen molar-refractivity contribution in [2.45, 2.75) is 39.2 Å². The molecule has 1 saturated heterocycles. The third-order valence-corrected chi connectivity index (χ3v) is 2.65. The molecule has 0 bridgehead atoms. The Morgan fingerprint density at radius 1 is 1.21 bits per heavy atom. The first kappa shape index (κ1) is 16.9. The Morgan fingerprint density at radius 3 is 2.14 bits per heavy atom. The highest BCUT2D eigenvalue weighted by molar-refractivity contribution is 5.85. The molecule has 2 N–H and O–H groups in total. The van der Waals surface area contributed by atoms with Crippen molar-refractivity contribution in [3.63, 3.8) is 0 Å². The molecule has 1 rings (SSSR count). The summed E-state index contributed by atoms with van der Waals surface area (Å²) in [7, 11) is 0. The molecular formula is C10H24Cl2N2. The van der Waals surface area contributed by atoms with Gasteiger partial charge in [-0.25, -0.2) is 0 Å². The van der Waals surface area contributed by atoms with Gasteiger partial charge in [-0.15, -0.1) is 24.8 Å². The van der Waals surface area contributed by atoms with Gasteiger partial charge in [0, 0.05) is 6.04 Å². The summed E-state index contributed by atoms with van der Waals surface area (Å²) < 4.78 is 0. The summed E-state index contributed by atoms with van der Waals surface area (Å²) in [5, 5.41) is 0. The summed E-state index contributed by atoms with van der Waals surface area (Å²) in [6.07, 6.45) is 3.71. The number of likely N-dealkylation sites (tertiary alicyclic amines) is 1. The second kappa shape index (κ2) is 8.78. The van der Waals surface area contributed by atoms with Gasteiger partial charge in [-0.3, -0.25) is 0 Å². The fraction of sp³-hybridized carbons (Fsp3) is 1.00. The lowest BCUT2D eigenvalue weighted by molar-refractivity contribution is 0.203. The molecule has 0 aromatic rings. The van der Waals surface area contributed by atoms with Gasteiger partial charge in [0.2, 0.25) is 0 Å². The van der Waals surface area contributed by atoms with E-state index in [4.69, 9.17) is 5.73 Å². The van der Waals surface area contributed by atoms with Gasteiger partial charge in [0.05, 0.1) is 0 Å². The zero-order chi connectivity index (χ0) is 8.97. The summed E-state index contributed by atoms with van der Waals surface area (Å²) in [4.78, 5) is 2.54. The Balaban J connectivity index is 0. The van der Waals surface area contributed by atoms with Crippen LogP contribution in [0, 0.1) is 5.92 Å². The van der Waals surface area contributed by atoms with Crippen molar-refractivity contribution in [3.8, 4) is 0 Å². The number of nitrogens with zero attached hydrogens (tertiary/aromatic N) is 1. The lowest BCUT2D eigenvalue weighted by Gasteiger charge is -2.30. The molecule has 0 spiro atoms. The number of halogens is 2. The maximum Gasteiger partial charge on any atom is 0.00631 e. The van der Waals surface area contributed by atoms with Crippen LogP contribution >= 0.6 is 24.8 Å². The van der Waals surface area contributed by atoms with Gasteiger partial charge in [-0.1, -0.05) is 13.8 Å². The summed E-state index contributed by atoms with van der Waals surface area (Å²) in [6, 6.07) is 0.472. The number of hydrogen-bond donors (Lipinski definition) is 1. The van der Waals surface area contributed by atoms with Crippen molar-refractivity contribution in [2.75, 3.05) is 19.6 Å². The SMILES string of the molecule is CC(C)CCN1CCC(N)CC1.Cl.Cl. The molecular weight excluding hydrogens is 219 g/mol. The first-order valence-corrected chi connectivity index (χ1v) is 5.16. The Morgan fingerprint density at radius 2 is 1.71 bits per heavy atom. The average molecular weight is 243 g/mol. The van der Waals surface area contributed by atoms with Crippen LogP contribution < -0.4 is 5.73 Å². The van der Waals surface area contributed by atoms with Crippen molar-refractivity contribution in [1.82, 2.24) is 4.90 Å². The van der Waals surface area contributed by atoms with Crippen LogP contribution in [0.2, 0.25) is 0 Å². The largest absolute Gasteiger partial charge is 0.328 e. The summed E-state index contributed by atoms with van der Waals surface area (Å²) in [5.41, 5.74) is 5.83. The van der Waals surface area contributed by atoms with E-state index in [9.17, 15) is 0 Å². The lowest BCUT2D eigenvalue weighted by Crippen LogP contribution is -2.40. The van der Waals surface area contributed by atoms with E-state index < -0.39 is 0 Å². The topological polar surface area (TPSA) is 29.3 Å². The van der Waals surface area contributed by atoms with Crippen molar-refractivity contribution in [2.24, 2.45) is 11.7 Å². The zero-order valence-electron chi connectivity index (χ0n) is 9.24. The molecule has 0 amide bonds. The Hall–Kier alpha value is 0.500. The quantitative estimate of drug-likeness (QED) is 0.824. The monoisotopic (exact) mass is 242 g/mol. The van der Waals surface area contributed by atoms with Gasteiger partial charge in [-0.2, -0.15) is 0 Å². The third-order valence-electron chi connectivity index (χ3n) is 2.65. The maximum absolute atomic E-state index is 5.83. The molecule has 0 saturated carbocycles. The van der Waals surface area contributed by atoms with E-state index in [1.54, 1.807) is 0 Å². The highest BCUT2D eigenvalue weighted by atomic mass is 35.5. The molecule has 0 atom stereocenters. The number of rotatable bonds is 3. The molecule has 0 aliphatic carbocycles. The van der Waals surface area contributed by atoms with Gasteiger partial charge in [0.1, 0.15) is 0 Å². The van der Waals surface area contributed by atoms with Gasteiger partial charge in [0.15, 0.2) is 0 Å². The van der Waals surface area contributed by atoms with Gasteiger partial charge in [-0.05, 0) is 44.8 Å². The normalized spacial score (nSPS) is 18.9. The second-order valence-electron chi connectivity index (χ2n) is 4.36. The fourth-order valence-electron chi connectivity index (χ4n) is 1.62. The molecule has 1 heterocycles. The van der Waals surface area contributed by atoms with Gasteiger partial charge >= 0.3 is 0 Å². The maximum atomic E-state index is 5.83. The predicted molar refractivity (Wildman–Crippen MR) is 67.6 cm³/mol. The highest BCUT2D eigenvalue weighted by Crippen LogP contribution is 2.10. The summed E-state index contributed by atoms with van der Waals surface area (Å²) in [6.45, 7) is 8.28. The van der Waals surface area contributed by atoms with E-state index in [0.717, 1.165) is 5.92 Å². The average Bonchev–Trinajstić information content (AvgIpc) is 2.03. The van der Waals surface area contributed by atoms with E-state index >= 15 is 0 Å². The van der Waals surface area contributed by atoms with Crippen molar-refractivity contribution in [1.29, 1.82) is 0 Å². The second-order valence-corrected chi connectivity index (χ2v) is 4.36. The molecule has 0 unspecified atom stereocenters. The van der Waals surface area contributed by atoms with Crippen molar-refractivity contribution < 1.29 is 0 Å². The van der Waals surface area contributed by atoms with Gasteiger partial charge < -0.3 is 10.6 Å². The molecule has 14 heavy (non-hydrogen) atoms. The van der Waals surface area contributed by atoms with Crippen LogP contribution in [0.4, 0.5) is 0 Å². The van der Waals surface area contributed by atoms with E-state index in [2.05, 4.69) is 18.7 Å². The molecule has 1 aliphatic rings. The van der Waals surface area contributed by atoms with E-state index in [1.807, 2.05) is 0 Å². The molecule has 2 nitrogen and oxygen atoms in total. The standard InChI is InChI=1S/C10H22N2.2ClH/c1-9(2)3-6-12-7-4-10(11)5-8-12;;/h9-10H,3-8,11H2,1-2H3;2*1H.